The number of halogens is 5. The smallest absolute Gasteiger partial charge is 0.397 e. The van der Waals surface area contributed by atoms with Crippen LogP contribution in [0.15, 0.2) is 38.0 Å². The van der Waals surface area contributed by atoms with Gasteiger partial charge in [0, 0.05) is 27.7 Å². The summed E-state index contributed by atoms with van der Waals surface area (Å²) < 4.78 is -1.61. The topological polar surface area (TPSA) is 20.2 Å². The maximum absolute atomic E-state index is 7.57. The summed E-state index contributed by atoms with van der Waals surface area (Å²) in [6.45, 7) is 32.3. The molecule has 32 heavy (non-hydrogen) atoms. The van der Waals surface area contributed by atoms with Gasteiger partial charge >= 0.3 is 18.9 Å². The second-order valence-corrected chi connectivity index (χ2v) is 7.98. The number of hydrogen-bond donors (Lipinski definition) is 1. The Morgan fingerprint density at radius 2 is 0.750 bits per heavy atom. The largest absolute Gasteiger partial charge is 1.00 e. The summed E-state index contributed by atoms with van der Waals surface area (Å²) in [6.07, 6.45) is 11.2. The van der Waals surface area contributed by atoms with Gasteiger partial charge in [0.15, 0.2) is 0 Å². The fraction of sp³-hybridized carbons (Fsp3) is 0.696. The average molecular weight is 754 g/mol. The van der Waals surface area contributed by atoms with Crippen molar-refractivity contribution in [2.24, 2.45) is 0 Å². The molecule has 0 rings (SSSR count). The summed E-state index contributed by atoms with van der Waals surface area (Å²) in [6, 6.07) is 0. The van der Waals surface area contributed by atoms with Gasteiger partial charge in [0.1, 0.15) is 9.55 Å². The minimum Gasteiger partial charge on any atom is -0.397 e. The first-order valence-corrected chi connectivity index (χ1v) is 14.8. The summed E-state index contributed by atoms with van der Waals surface area (Å²) in [4.78, 5) is 0. The first-order chi connectivity index (χ1) is 13.9. The zero-order valence-electron chi connectivity index (χ0n) is 23.0. The zero-order valence-corrected chi connectivity index (χ0v) is 31.0. The normalized spacial score (nSPS) is 6.34. The summed E-state index contributed by atoms with van der Waals surface area (Å²) in [7, 11) is 0.778. The molecule has 1 N–H and O–H groups in total. The molecule has 0 atom stereocenters. The summed E-state index contributed by atoms with van der Waals surface area (Å²) >= 11 is 24.1. The Kier molecular flexibility index (Phi) is 256. The number of aliphatic hydroxyl groups excluding tert-OH is 1. The molecule has 0 radical (unpaired) electrons. The Labute approximate surface area is 259 Å². The molecule has 0 spiro atoms. The van der Waals surface area contributed by atoms with Gasteiger partial charge in [0.25, 0.3) is 3.25 Å². The van der Waals surface area contributed by atoms with Crippen LogP contribution in [0, 0.1) is 6.92 Å². The van der Waals surface area contributed by atoms with Gasteiger partial charge in [-0.05, 0) is 19.8 Å². The van der Waals surface area contributed by atoms with Gasteiger partial charge in [-0.3, -0.25) is 0 Å². The van der Waals surface area contributed by atoms with E-state index in [0.717, 1.165) is 22.4 Å². The van der Waals surface area contributed by atoms with E-state index in [-0.39, 0.29) is 46.5 Å². The van der Waals surface area contributed by atoms with Crippen LogP contribution >= 0.6 is 57.5 Å². The average Bonchev–Trinajstić information content (AvgIpc) is 2.65. The predicted octanol–water partition coefficient (Wildman–Crippen LogP) is 7.48. The van der Waals surface area contributed by atoms with E-state index in [1.165, 1.54) is 25.3 Å². The summed E-state index contributed by atoms with van der Waals surface area (Å²) in [5.74, 6) is 0. The molecule has 0 aliphatic carbocycles. The molecule has 0 fully saturated rings. The molecule has 0 aromatic carbocycles. The Balaban J connectivity index is -0.0000000173. The summed E-state index contributed by atoms with van der Waals surface area (Å²) in [5.41, 5.74) is 0. The van der Waals surface area contributed by atoms with Crippen molar-refractivity contribution in [1.82, 2.24) is 0 Å². The molecule has 0 heterocycles. The molecule has 0 saturated heterocycles. The molecule has 1 nitrogen and oxygen atoms in total. The van der Waals surface area contributed by atoms with Crippen LogP contribution in [-0.2, 0) is 21.1 Å². The van der Waals surface area contributed by atoms with E-state index in [1.54, 1.807) is 6.92 Å². The molecule has 9 heteroatoms. The van der Waals surface area contributed by atoms with Crippen LogP contribution in [-0.4, -0.2) is 24.5 Å². The van der Waals surface area contributed by atoms with Crippen LogP contribution in [0.2, 0.25) is 0 Å². The number of allylic oxidation sites excluding steroid dienone is 3. The van der Waals surface area contributed by atoms with Gasteiger partial charge in [-0.15, -0.1) is 13.2 Å². The molecule has 202 valence electrons. The van der Waals surface area contributed by atoms with Crippen LogP contribution < -0.4 is 18.9 Å². The van der Waals surface area contributed by atoms with Crippen molar-refractivity contribution in [3.8, 4) is 0 Å². The molecule has 0 aliphatic heterocycles. The Hall–Kier alpha value is 2.00. The minimum atomic E-state index is -1.61. The second kappa shape index (κ2) is 117. The fourth-order valence-electron chi connectivity index (χ4n) is 0. The number of aliphatic hydroxyl groups is 1. The van der Waals surface area contributed by atoms with Crippen LogP contribution in [0.4, 0.5) is 0 Å². The van der Waals surface area contributed by atoms with Crippen molar-refractivity contribution >= 4 is 67.0 Å². The van der Waals surface area contributed by atoms with Gasteiger partial charge in [-0.2, -0.15) is 11.1 Å². The van der Waals surface area contributed by atoms with E-state index in [4.69, 9.17) is 62.6 Å². The van der Waals surface area contributed by atoms with Gasteiger partial charge in [-0.1, -0.05) is 133 Å². The second-order valence-electron chi connectivity index (χ2n) is 4.55. The van der Waals surface area contributed by atoms with E-state index in [9.17, 15) is 0 Å². The monoisotopic (exact) mass is 751 g/mol. The van der Waals surface area contributed by atoms with Crippen LogP contribution in [0.5, 0.6) is 0 Å². The molecule has 0 amide bonds. The van der Waals surface area contributed by atoms with Gasteiger partial charge in [0.2, 0.25) is 0 Å². The first kappa shape index (κ1) is 70.0. The number of rotatable bonds is 2. The standard InChI is InChI=1S/2C4H8.3C3H8.C3H5.C2H6O.CCl4.ClH3Si.Li.Pt/c2*1-3-4-2;4*1-3-2;1-2-3;2-1(3,4)5;1-2;;/h2*3H,1,4H2,2H3;3*3H2,1-2H3;3H,1-2H2;3H,2H2,1H3;;2H3;;/q;;;;;-1;;;;+1;. The van der Waals surface area contributed by atoms with E-state index in [2.05, 4.69) is 82.1 Å². The number of alkyl halides is 4. The molecule has 0 bridgehead atoms. The predicted molar refractivity (Wildman–Crippen MR) is 159 cm³/mol. The Morgan fingerprint density at radius 3 is 0.750 bits per heavy atom. The van der Waals surface area contributed by atoms with Gasteiger partial charge in [-0.25, -0.2) is 19.6 Å². The molecule has 0 saturated carbocycles. The van der Waals surface area contributed by atoms with Crippen molar-refractivity contribution in [1.29, 1.82) is 0 Å². The maximum Gasteiger partial charge on any atom is 1.00 e. The SMILES string of the molecule is C=CCC.C=CCC.C=C[CH2-].CCC.CCC.CCC.CCO.ClC(Cl)(Cl)Cl.[Li+].[Pt].[SiH3]Cl. The third kappa shape index (κ3) is 1920. The van der Waals surface area contributed by atoms with E-state index in [0.29, 0.717) is 0 Å². The van der Waals surface area contributed by atoms with E-state index in [1.807, 2.05) is 12.2 Å². The Morgan fingerprint density at radius 1 is 0.719 bits per heavy atom. The third-order valence-electron chi connectivity index (χ3n) is 0.577. The van der Waals surface area contributed by atoms with Crippen molar-refractivity contribution < 1.29 is 45.0 Å². The third-order valence-corrected chi connectivity index (χ3v) is 0.577. The van der Waals surface area contributed by atoms with Crippen LogP contribution in [0.25, 0.3) is 0 Å². The molecule has 0 unspecified atom stereocenters. The molecular formula is C23H54Cl5LiOPtSi. The fourth-order valence-corrected chi connectivity index (χ4v) is 0. The van der Waals surface area contributed by atoms with E-state index < -0.39 is 3.25 Å². The quantitative estimate of drug-likeness (QED) is 0.102. The van der Waals surface area contributed by atoms with Crippen molar-refractivity contribution in [3.63, 3.8) is 0 Å². The number of hydrogen-bond acceptors (Lipinski definition) is 1. The van der Waals surface area contributed by atoms with Crippen molar-refractivity contribution in [3.05, 3.63) is 44.9 Å². The van der Waals surface area contributed by atoms with Crippen LogP contribution in [0.1, 0.15) is 94.4 Å². The van der Waals surface area contributed by atoms with Crippen molar-refractivity contribution in [2.45, 2.75) is 97.7 Å². The zero-order chi connectivity index (χ0) is 26.9. The van der Waals surface area contributed by atoms with Gasteiger partial charge < -0.3 is 5.11 Å². The Bertz CT molecular complexity index is 191. The van der Waals surface area contributed by atoms with E-state index >= 15 is 0 Å². The van der Waals surface area contributed by atoms with Crippen molar-refractivity contribution in [2.75, 3.05) is 6.61 Å². The minimum absolute atomic E-state index is 0. The maximum atomic E-state index is 7.57. The van der Waals surface area contributed by atoms with Gasteiger partial charge in [0.05, 0.1) is 0 Å². The molecule has 0 aromatic heterocycles. The molecule has 0 aliphatic rings. The van der Waals surface area contributed by atoms with Crippen LogP contribution in [0.3, 0.4) is 0 Å². The molecule has 0 aromatic rings. The molecular weight excluding hydrogens is 700 g/mol. The first-order valence-electron chi connectivity index (χ1n) is 10.3. The summed E-state index contributed by atoms with van der Waals surface area (Å²) in [5, 5.41) is 7.57.